The molecule has 1 saturated heterocycles. The fourth-order valence-electron chi connectivity index (χ4n) is 2.86. The number of hydrogen-bond donors (Lipinski definition) is 2. The number of rotatable bonds is 10. The predicted molar refractivity (Wildman–Crippen MR) is 133 cm³/mol. The Morgan fingerprint density at radius 3 is 2.03 bits per heavy atom. The van der Waals surface area contributed by atoms with Gasteiger partial charge in [0.1, 0.15) is 0 Å². The van der Waals surface area contributed by atoms with Crippen molar-refractivity contribution in [2.45, 2.75) is 61.3 Å². The SMILES string of the molecule is CC(C)CC(=O)O.CC(C)CN1CCOCC1.CCNC(=NCCCN(C)C)C(C)C. The molecule has 1 aliphatic heterocycles. The van der Waals surface area contributed by atoms with Crippen LogP contribution in [0.15, 0.2) is 4.99 Å². The van der Waals surface area contributed by atoms with Crippen LogP contribution < -0.4 is 5.32 Å². The number of nitrogens with one attached hydrogen (secondary N) is 1. The van der Waals surface area contributed by atoms with Gasteiger partial charge in [0.15, 0.2) is 0 Å². The maximum absolute atomic E-state index is 9.81. The number of nitrogens with zero attached hydrogens (tertiary/aromatic N) is 3. The number of hydrogen-bond acceptors (Lipinski definition) is 5. The lowest BCUT2D eigenvalue weighted by atomic mass is 10.1. The van der Waals surface area contributed by atoms with E-state index < -0.39 is 5.97 Å². The third kappa shape index (κ3) is 25.0. The van der Waals surface area contributed by atoms with Crippen LogP contribution in [-0.4, -0.2) is 93.3 Å². The van der Waals surface area contributed by atoms with E-state index in [2.05, 4.69) is 68.8 Å². The zero-order valence-corrected chi connectivity index (χ0v) is 21.9. The number of aliphatic imine (C=N–C) groups is 1. The minimum absolute atomic E-state index is 0.275. The summed E-state index contributed by atoms with van der Waals surface area (Å²) >= 11 is 0. The van der Waals surface area contributed by atoms with Crippen LogP contribution in [0.25, 0.3) is 0 Å². The van der Waals surface area contributed by atoms with Crippen molar-refractivity contribution < 1.29 is 14.6 Å². The molecule has 0 amide bonds. The smallest absolute Gasteiger partial charge is 0.303 e. The Morgan fingerprint density at radius 2 is 1.68 bits per heavy atom. The highest BCUT2D eigenvalue weighted by Gasteiger charge is 2.10. The molecule has 0 saturated carbocycles. The molecule has 0 atom stereocenters. The van der Waals surface area contributed by atoms with E-state index in [1.807, 2.05) is 13.8 Å². The zero-order chi connectivity index (χ0) is 24.2. The van der Waals surface area contributed by atoms with Gasteiger partial charge in [-0.05, 0) is 45.8 Å². The molecule has 7 heteroatoms. The van der Waals surface area contributed by atoms with Gasteiger partial charge in [0.2, 0.25) is 0 Å². The van der Waals surface area contributed by atoms with Gasteiger partial charge < -0.3 is 20.1 Å². The first-order valence-electron chi connectivity index (χ1n) is 11.9. The summed E-state index contributed by atoms with van der Waals surface area (Å²) in [6, 6.07) is 0. The van der Waals surface area contributed by atoms with E-state index >= 15 is 0 Å². The number of carboxylic acids is 1. The monoisotopic (exact) mass is 444 g/mol. The molecule has 0 radical (unpaired) electrons. The summed E-state index contributed by atoms with van der Waals surface area (Å²) in [6.07, 6.45) is 1.41. The van der Waals surface area contributed by atoms with Gasteiger partial charge in [-0.3, -0.25) is 14.7 Å². The third-order valence-corrected chi connectivity index (χ3v) is 4.26. The lowest BCUT2D eigenvalue weighted by molar-refractivity contribution is -0.137. The number of amidine groups is 1. The van der Waals surface area contributed by atoms with Crippen molar-refractivity contribution in [1.29, 1.82) is 0 Å². The Morgan fingerprint density at radius 1 is 1.10 bits per heavy atom. The number of morpholine rings is 1. The highest BCUT2D eigenvalue weighted by molar-refractivity contribution is 5.83. The van der Waals surface area contributed by atoms with E-state index in [1.165, 1.54) is 6.54 Å². The van der Waals surface area contributed by atoms with Gasteiger partial charge in [-0.2, -0.15) is 0 Å². The van der Waals surface area contributed by atoms with Gasteiger partial charge in [0.25, 0.3) is 0 Å². The Kier molecular flexibility index (Phi) is 21.4. The van der Waals surface area contributed by atoms with Crippen molar-refractivity contribution in [2.24, 2.45) is 22.7 Å². The van der Waals surface area contributed by atoms with Crippen molar-refractivity contribution in [3.8, 4) is 0 Å². The molecule has 0 aromatic heterocycles. The first-order valence-corrected chi connectivity index (χ1v) is 11.9. The highest BCUT2D eigenvalue weighted by Crippen LogP contribution is 2.01. The van der Waals surface area contributed by atoms with Gasteiger partial charge >= 0.3 is 5.97 Å². The molecule has 1 heterocycles. The molecular weight excluding hydrogens is 392 g/mol. The zero-order valence-electron chi connectivity index (χ0n) is 21.9. The van der Waals surface area contributed by atoms with E-state index in [0.29, 0.717) is 5.92 Å². The van der Waals surface area contributed by atoms with Gasteiger partial charge in [-0.1, -0.05) is 41.5 Å². The Labute approximate surface area is 192 Å². The Balaban J connectivity index is 0. The van der Waals surface area contributed by atoms with Crippen LogP contribution in [-0.2, 0) is 9.53 Å². The standard InChI is InChI=1S/C11H25N3.C8H17NO.C5H10O2/c1-6-12-11(10(2)3)13-8-7-9-14(4)5;1-8(2)7-9-3-5-10-6-4-9;1-4(2)3-5(6)7/h10H,6-9H2,1-5H3,(H,12,13);8H,3-7H2,1-2H3;4H,3H2,1-2H3,(H,6,7). The summed E-state index contributed by atoms with van der Waals surface area (Å²) in [6.45, 7) is 23.1. The number of aliphatic carboxylic acids is 1. The molecule has 1 rings (SSSR count). The number of carbonyl (C=O) groups is 1. The van der Waals surface area contributed by atoms with E-state index in [1.54, 1.807) is 0 Å². The fourth-order valence-corrected chi connectivity index (χ4v) is 2.86. The van der Waals surface area contributed by atoms with Gasteiger partial charge in [-0.15, -0.1) is 0 Å². The molecular formula is C24H52N4O3. The minimum Gasteiger partial charge on any atom is -0.481 e. The molecule has 0 bridgehead atoms. The van der Waals surface area contributed by atoms with Crippen LogP contribution in [0.2, 0.25) is 0 Å². The van der Waals surface area contributed by atoms with Crippen LogP contribution in [0.4, 0.5) is 0 Å². The molecule has 0 aliphatic carbocycles. The summed E-state index contributed by atoms with van der Waals surface area (Å²) in [7, 11) is 4.19. The van der Waals surface area contributed by atoms with Crippen molar-refractivity contribution in [3.63, 3.8) is 0 Å². The van der Waals surface area contributed by atoms with Crippen molar-refractivity contribution >= 4 is 11.8 Å². The van der Waals surface area contributed by atoms with Crippen LogP contribution in [0, 0.1) is 17.8 Å². The maximum atomic E-state index is 9.81. The van der Waals surface area contributed by atoms with Crippen LogP contribution >= 0.6 is 0 Å². The molecule has 0 unspecified atom stereocenters. The van der Waals surface area contributed by atoms with Gasteiger partial charge in [0, 0.05) is 45.1 Å². The molecule has 7 nitrogen and oxygen atoms in total. The summed E-state index contributed by atoms with van der Waals surface area (Å²) in [4.78, 5) is 19.0. The maximum Gasteiger partial charge on any atom is 0.303 e. The normalized spacial score (nSPS) is 14.9. The van der Waals surface area contributed by atoms with Crippen molar-refractivity contribution in [3.05, 3.63) is 0 Å². The van der Waals surface area contributed by atoms with E-state index in [9.17, 15) is 4.79 Å². The second-order valence-electron chi connectivity index (χ2n) is 9.41. The Hall–Kier alpha value is -1.18. The lowest BCUT2D eigenvalue weighted by Crippen LogP contribution is -2.38. The molecule has 2 N–H and O–H groups in total. The summed E-state index contributed by atoms with van der Waals surface area (Å²) in [5.74, 6) is 2.01. The van der Waals surface area contributed by atoms with Crippen LogP contribution in [0.5, 0.6) is 0 Å². The first kappa shape index (κ1) is 32.0. The largest absolute Gasteiger partial charge is 0.481 e. The summed E-state index contributed by atoms with van der Waals surface area (Å²) in [5, 5.41) is 11.4. The Bertz CT molecular complexity index is 446. The third-order valence-electron chi connectivity index (χ3n) is 4.26. The highest BCUT2D eigenvalue weighted by atomic mass is 16.5. The van der Waals surface area contributed by atoms with Gasteiger partial charge in [-0.25, -0.2) is 0 Å². The first-order chi connectivity index (χ1) is 14.5. The summed E-state index contributed by atoms with van der Waals surface area (Å²) < 4.78 is 5.24. The van der Waals surface area contributed by atoms with E-state index in [0.717, 1.165) is 64.1 Å². The topological polar surface area (TPSA) is 77.4 Å². The van der Waals surface area contributed by atoms with Gasteiger partial charge in [0.05, 0.1) is 19.0 Å². The molecule has 0 aromatic rings. The molecule has 0 aromatic carbocycles. The molecule has 0 spiro atoms. The minimum atomic E-state index is -0.713. The second-order valence-corrected chi connectivity index (χ2v) is 9.41. The molecule has 31 heavy (non-hydrogen) atoms. The van der Waals surface area contributed by atoms with E-state index in [-0.39, 0.29) is 12.3 Å². The molecule has 186 valence electrons. The quantitative estimate of drug-likeness (QED) is 0.304. The average Bonchev–Trinajstić information content (AvgIpc) is 2.64. The molecule has 1 aliphatic rings. The van der Waals surface area contributed by atoms with Crippen molar-refractivity contribution in [2.75, 3.05) is 66.6 Å². The second kappa shape index (κ2) is 20.7. The number of carboxylic acid groups (broad SMARTS) is 1. The number of ether oxygens (including phenoxy) is 1. The average molecular weight is 445 g/mol. The van der Waals surface area contributed by atoms with Crippen LogP contribution in [0.1, 0.15) is 61.3 Å². The van der Waals surface area contributed by atoms with E-state index in [4.69, 9.17) is 9.84 Å². The lowest BCUT2D eigenvalue weighted by Gasteiger charge is -2.27. The van der Waals surface area contributed by atoms with Crippen molar-refractivity contribution in [1.82, 2.24) is 15.1 Å². The summed E-state index contributed by atoms with van der Waals surface area (Å²) in [5.41, 5.74) is 0. The van der Waals surface area contributed by atoms with Crippen LogP contribution in [0.3, 0.4) is 0 Å². The fraction of sp³-hybridized carbons (Fsp3) is 0.917. The molecule has 1 fully saturated rings. The predicted octanol–water partition coefficient (Wildman–Crippen LogP) is 3.69.